The average Bonchev–Trinajstić information content (AvgIpc) is 3.71. The third kappa shape index (κ3) is 8.64. The minimum absolute atomic E-state index is 0. The lowest BCUT2D eigenvalue weighted by Crippen LogP contribution is -2.52. The summed E-state index contributed by atoms with van der Waals surface area (Å²) in [6.45, 7) is 9.10. The van der Waals surface area contributed by atoms with Gasteiger partial charge in [-0.1, -0.05) is 13.8 Å². The van der Waals surface area contributed by atoms with Gasteiger partial charge in [0, 0.05) is 52.5 Å². The molecule has 62 heavy (non-hydrogen) atoms. The number of benzene rings is 2. The van der Waals surface area contributed by atoms with Gasteiger partial charge >= 0.3 is 0 Å². The Morgan fingerprint density at radius 3 is 2.13 bits per heavy atom. The van der Waals surface area contributed by atoms with E-state index >= 15 is 8.78 Å². The van der Waals surface area contributed by atoms with Crippen molar-refractivity contribution in [2.75, 3.05) is 37.7 Å². The molecule has 2 saturated carbocycles. The lowest BCUT2D eigenvalue weighted by atomic mass is 9.93. The zero-order valence-corrected chi connectivity index (χ0v) is 35.9. The van der Waals surface area contributed by atoms with E-state index in [0.717, 1.165) is 104 Å². The van der Waals surface area contributed by atoms with Gasteiger partial charge in [-0.25, -0.2) is 13.8 Å². The van der Waals surface area contributed by atoms with Gasteiger partial charge in [0.25, 0.3) is 5.91 Å². The lowest BCUT2D eigenvalue weighted by molar-refractivity contribution is -0.136. The van der Waals surface area contributed by atoms with Crippen LogP contribution < -0.4 is 20.3 Å². The number of halogens is 2. The number of nitrogens with one attached hydrogen (secondary N) is 3. The summed E-state index contributed by atoms with van der Waals surface area (Å²) in [5.74, 6) is -1.31. The first-order chi connectivity index (χ1) is 30.1. The van der Waals surface area contributed by atoms with Crippen LogP contribution in [-0.2, 0) is 25.6 Å². The quantitative estimate of drug-likeness (QED) is 0.195. The number of aromatic amines is 1. The normalized spacial score (nSPS) is 25.4. The van der Waals surface area contributed by atoms with Gasteiger partial charge in [0.1, 0.15) is 47.1 Å². The molecule has 2 aliphatic carbocycles. The van der Waals surface area contributed by atoms with Gasteiger partial charge in [0.2, 0.25) is 11.8 Å². The molecule has 14 nitrogen and oxygen atoms in total. The van der Waals surface area contributed by atoms with Crippen LogP contribution in [-0.4, -0.2) is 112 Å². The number of nitrogens with zero attached hydrogens (tertiary/aromatic N) is 5. The summed E-state index contributed by atoms with van der Waals surface area (Å²) in [4.78, 5) is 47.3. The molecule has 6 heterocycles. The Balaban J connectivity index is 0.00000151. The molecule has 0 radical (unpaired) electrons. The number of piperidine rings is 3. The number of amides is 3. The maximum absolute atomic E-state index is 15.9. The van der Waals surface area contributed by atoms with Crippen LogP contribution >= 0.6 is 0 Å². The number of hydrogen-bond donors (Lipinski definition) is 3. The molecule has 1 atom stereocenters. The van der Waals surface area contributed by atoms with Crippen molar-refractivity contribution in [1.29, 1.82) is 0 Å². The Bertz CT molecular complexity index is 2260. The molecule has 0 bridgehead atoms. The van der Waals surface area contributed by atoms with Crippen LogP contribution in [0.15, 0.2) is 35.3 Å². The van der Waals surface area contributed by atoms with Gasteiger partial charge in [-0.2, -0.15) is 5.10 Å². The Labute approximate surface area is 363 Å². The average molecular weight is 861 g/mol. The number of anilines is 1. The van der Waals surface area contributed by atoms with Gasteiger partial charge < -0.3 is 34.2 Å². The number of aliphatic imine (C=N–C) groups is 1. The number of H-pyrrole nitrogens is 1. The minimum atomic E-state index is -0.893. The second-order valence-electron chi connectivity index (χ2n) is 17.7. The first-order valence-corrected chi connectivity index (χ1v) is 22.7. The number of carbonyl (C=O) groups is 3. The molecule has 3 N–H and O–H groups in total. The molecule has 16 heteroatoms. The number of amidine groups is 1. The first-order valence-electron chi connectivity index (χ1n) is 22.7. The van der Waals surface area contributed by atoms with Gasteiger partial charge in [-0.3, -0.25) is 24.8 Å². The molecular formula is C46H62F2N8O6. The Hall–Kier alpha value is -5.09. The summed E-state index contributed by atoms with van der Waals surface area (Å²) in [6.07, 6.45) is 11.9. The number of carbonyl (C=O) groups excluding carboxylic acids is 3. The van der Waals surface area contributed by atoms with Gasteiger partial charge in [-0.15, -0.1) is 0 Å². The number of likely N-dealkylation sites (tertiary alicyclic amines) is 1. The highest BCUT2D eigenvalue weighted by Crippen LogP contribution is 2.41. The van der Waals surface area contributed by atoms with Crippen molar-refractivity contribution in [3.05, 3.63) is 58.8 Å². The molecule has 3 amide bonds. The topological polar surface area (TPSA) is 154 Å². The van der Waals surface area contributed by atoms with Gasteiger partial charge in [-0.05, 0) is 102 Å². The van der Waals surface area contributed by atoms with Crippen molar-refractivity contribution in [2.45, 2.75) is 140 Å². The van der Waals surface area contributed by atoms with Gasteiger partial charge in [0.15, 0.2) is 5.82 Å². The molecule has 1 aromatic heterocycles. The predicted molar refractivity (Wildman–Crippen MR) is 234 cm³/mol. The highest BCUT2D eigenvalue weighted by atomic mass is 19.1. The van der Waals surface area contributed by atoms with E-state index in [0.29, 0.717) is 32.6 Å². The lowest BCUT2D eigenvalue weighted by Gasteiger charge is -2.39. The summed E-state index contributed by atoms with van der Waals surface area (Å²) in [5, 5.41) is 14.5. The number of aromatic nitrogens is 2. The molecule has 5 aliphatic heterocycles. The van der Waals surface area contributed by atoms with E-state index in [-0.39, 0.29) is 69.1 Å². The van der Waals surface area contributed by atoms with E-state index in [4.69, 9.17) is 19.2 Å². The minimum Gasteiger partial charge on any atom is -0.488 e. The van der Waals surface area contributed by atoms with Crippen LogP contribution in [0.25, 0.3) is 16.6 Å². The fourth-order valence-electron chi connectivity index (χ4n) is 9.80. The third-order valence-electron chi connectivity index (χ3n) is 13.5. The molecule has 336 valence electrons. The maximum Gasteiger partial charge on any atom is 0.255 e. The van der Waals surface area contributed by atoms with Crippen molar-refractivity contribution < 1.29 is 40.2 Å². The van der Waals surface area contributed by atoms with Crippen LogP contribution in [0.4, 0.5) is 14.5 Å². The number of ether oxygens (including phenoxy) is 3. The molecule has 5 fully saturated rings. The summed E-state index contributed by atoms with van der Waals surface area (Å²) in [5.41, 5.74) is 2.63. The van der Waals surface area contributed by atoms with Crippen molar-refractivity contribution in [3.63, 3.8) is 0 Å². The molecule has 3 aromatic rings. The van der Waals surface area contributed by atoms with Crippen LogP contribution in [0.1, 0.15) is 122 Å². The number of hydrogen-bond acceptors (Lipinski definition) is 11. The zero-order valence-electron chi connectivity index (χ0n) is 35.9. The standard InChI is InChI=1S/C44H52F2N8O6.C2H6.2H2/c1-44(14-15-44)60-29-6-7-34-31(20-29)40(51-50-34)35-22-37(48-24-47-35)52-16-10-27(11-17-52)58-25-2-4-26(5-3-25)59-28-12-18-53(19-13-28)41-33(45)21-30-32(39(41)46)23-54(43(30)57)36-8-9-38(55)49-42(36)56;1-2;;/h6-7,20-22,25-28,36,47H,2-5,8-19,23-24H2,1H3,(H,50,51)(H,49,55,56);1-2H3;2*1H. The second-order valence-corrected chi connectivity index (χ2v) is 17.7. The van der Waals surface area contributed by atoms with Crippen molar-refractivity contribution in [1.82, 2.24) is 30.6 Å². The Morgan fingerprint density at radius 1 is 0.839 bits per heavy atom. The molecule has 3 saturated heterocycles. The summed E-state index contributed by atoms with van der Waals surface area (Å²) in [7, 11) is 0. The SMILES string of the molecule is CC.CC1(Oc2ccc3[nH]nc(C4=CC(N5CCC(OC6CCC(OC7CCN(c8c(F)cc9c(c8F)CN(C8CCC(=O)NC8=O)C9=O)CC7)CC6)CC5)=NCN4)c3c2)CC1.[HH].[HH]. The maximum atomic E-state index is 15.9. The zero-order chi connectivity index (χ0) is 43.1. The van der Waals surface area contributed by atoms with Gasteiger partial charge in [0.05, 0.1) is 47.7 Å². The van der Waals surface area contributed by atoms with Crippen molar-refractivity contribution in [2.24, 2.45) is 4.99 Å². The second kappa shape index (κ2) is 17.6. The monoisotopic (exact) mass is 860 g/mol. The van der Waals surface area contributed by atoms with E-state index in [1.807, 2.05) is 26.0 Å². The number of rotatable bonds is 9. The van der Waals surface area contributed by atoms with E-state index in [1.165, 1.54) is 4.90 Å². The highest BCUT2D eigenvalue weighted by Gasteiger charge is 2.43. The fraction of sp³-hybridized carbons (Fsp3) is 0.587. The largest absolute Gasteiger partial charge is 0.488 e. The van der Waals surface area contributed by atoms with Crippen LogP contribution in [0.5, 0.6) is 5.75 Å². The molecule has 7 aliphatic rings. The third-order valence-corrected chi connectivity index (χ3v) is 13.5. The number of fused-ring (bicyclic) bond motifs is 2. The van der Waals surface area contributed by atoms with E-state index in [9.17, 15) is 14.4 Å². The van der Waals surface area contributed by atoms with E-state index in [2.05, 4.69) is 44.8 Å². The first kappa shape index (κ1) is 42.2. The summed E-state index contributed by atoms with van der Waals surface area (Å²) >= 11 is 0. The Morgan fingerprint density at radius 2 is 1.48 bits per heavy atom. The molecule has 2 aromatic carbocycles. The highest BCUT2D eigenvalue weighted by molar-refractivity contribution is 6.06. The fourth-order valence-corrected chi connectivity index (χ4v) is 9.80. The van der Waals surface area contributed by atoms with Crippen molar-refractivity contribution >= 4 is 45.8 Å². The van der Waals surface area contributed by atoms with Crippen molar-refractivity contribution in [3.8, 4) is 5.75 Å². The van der Waals surface area contributed by atoms with Crippen LogP contribution in [0.3, 0.4) is 0 Å². The van der Waals surface area contributed by atoms with E-state index < -0.39 is 35.4 Å². The molecule has 10 rings (SSSR count). The number of imide groups is 1. The summed E-state index contributed by atoms with van der Waals surface area (Å²) < 4.78 is 50.8. The molecule has 1 unspecified atom stereocenters. The predicted octanol–water partition coefficient (Wildman–Crippen LogP) is 6.83. The Kier molecular flexibility index (Phi) is 12.0. The molecular weight excluding hydrogens is 799 g/mol. The smallest absolute Gasteiger partial charge is 0.255 e. The van der Waals surface area contributed by atoms with Crippen LogP contribution in [0, 0.1) is 11.6 Å². The van der Waals surface area contributed by atoms with Crippen LogP contribution in [0.2, 0.25) is 0 Å². The molecule has 0 spiro atoms. The van der Waals surface area contributed by atoms with E-state index in [1.54, 1.807) is 4.90 Å². The summed E-state index contributed by atoms with van der Waals surface area (Å²) in [6, 6.07) is 6.31.